The van der Waals surface area contributed by atoms with Crippen LogP contribution in [0.2, 0.25) is 0 Å². The van der Waals surface area contributed by atoms with Gasteiger partial charge in [-0.25, -0.2) is 0 Å². The summed E-state index contributed by atoms with van der Waals surface area (Å²) in [5.74, 6) is 0. The standard InChI is InChI=1S/C13H28O5/c1-4-5-6-7-17-13(10-16-3)11(2)18-9-12(15)8-14/h11-15H,4-10H2,1-3H3/t11-,12-,13?/m0/s1. The lowest BCUT2D eigenvalue weighted by Crippen LogP contribution is -2.36. The Bertz CT molecular complexity index is 177. The van der Waals surface area contributed by atoms with Crippen LogP contribution in [0.5, 0.6) is 0 Å². The fourth-order valence-corrected chi connectivity index (χ4v) is 1.49. The summed E-state index contributed by atoms with van der Waals surface area (Å²) < 4.78 is 16.3. The monoisotopic (exact) mass is 264 g/mol. The van der Waals surface area contributed by atoms with E-state index < -0.39 is 6.10 Å². The molecule has 0 saturated heterocycles. The van der Waals surface area contributed by atoms with E-state index in [4.69, 9.17) is 19.3 Å². The summed E-state index contributed by atoms with van der Waals surface area (Å²) in [5, 5.41) is 17.9. The zero-order chi connectivity index (χ0) is 13.8. The summed E-state index contributed by atoms with van der Waals surface area (Å²) >= 11 is 0. The third-order valence-electron chi connectivity index (χ3n) is 2.70. The van der Waals surface area contributed by atoms with Crippen molar-refractivity contribution in [3.05, 3.63) is 0 Å². The van der Waals surface area contributed by atoms with Crippen LogP contribution in [0.15, 0.2) is 0 Å². The molecule has 0 bridgehead atoms. The van der Waals surface area contributed by atoms with Crippen LogP contribution in [-0.4, -0.2) is 62.1 Å². The van der Waals surface area contributed by atoms with Gasteiger partial charge in [-0.3, -0.25) is 0 Å². The molecule has 0 aromatic carbocycles. The van der Waals surface area contributed by atoms with Crippen molar-refractivity contribution < 1.29 is 24.4 Å². The molecule has 0 aliphatic rings. The first-order valence-electron chi connectivity index (χ1n) is 6.66. The molecule has 0 aromatic rings. The van der Waals surface area contributed by atoms with E-state index in [-0.39, 0.29) is 25.4 Å². The van der Waals surface area contributed by atoms with E-state index in [1.807, 2.05) is 6.92 Å². The fourth-order valence-electron chi connectivity index (χ4n) is 1.49. The second-order valence-corrected chi connectivity index (χ2v) is 4.45. The van der Waals surface area contributed by atoms with Gasteiger partial charge in [-0.2, -0.15) is 0 Å². The number of aliphatic hydroxyl groups excluding tert-OH is 2. The van der Waals surface area contributed by atoms with Crippen LogP contribution in [0.3, 0.4) is 0 Å². The van der Waals surface area contributed by atoms with E-state index in [2.05, 4.69) is 6.92 Å². The van der Waals surface area contributed by atoms with Gasteiger partial charge in [0, 0.05) is 13.7 Å². The Balaban J connectivity index is 3.89. The molecule has 0 aromatic heterocycles. The van der Waals surface area contributed by atoms with Crippen LogP contribution >= 0.6 is 0 Å². The van der Waals surface area contributed by atoms with Crippen LogP contribution in [-0.2, 0) is 14.2 Å². The van der Waals surface area contributed by atoms with Crippen molar-refractivity contribution in [2.75, 3.05) is 33.5 Å². The molecule has 0 saturated carbocycles. The van der Waals surface area contributed by atoms with Crippen molar-refractivity contribution in [1.29, 1.82) is 0 Å². The molecule has 0 rings (SSSR count). The van der Waals surface area contributed by atoms with Gasteiger partial charge in [0.15, 0.2) is 0 Å². The zero-order valence-electron chi connectivity index (χ0n) is 11.8. The van der Waals surface area contributed by atoms with Crippen molar-refractivity contribution in [3.8, 4) is 0 Å². The lowest BCUT2D eigenvalue weighted by atomic mass is 10.2. The number of hydrogen-bond donors (Lipinski definition) is 2. The molecule has 5 heteroatoms. The molecule has 0 heterocycles. The van der Waals surface area contributed by atoms with Gasteiger partial charge in [-0.15, -0.1) is 0 Å². The van der Waals surface area contributed by atoms with Crippen molar-refractivity contribution in [2.24, 2.45) is 0 Å². The Morgan fingerprint density at radius 2 is 1.83 bits per heavy atom. The lowest BCUT2D eigenvalue weighted by molar-refractivity contribution is -0.109. The van der Waals surface area contributed by atoms with Gasteiger partial charge in [-0.05, 0) is 13.3 Å². The summed E-state index contributed by atoms with van der Waals surface area (Å²) in [5.41, 5.74) is 0. The van der Waals surface area contributed by atoms with E-state index in [9.17, 15) is 5.11 Å². The maximum atomic E-state index is 9.22. The van der Waals surface area contributed by atoms with Gasteiger partial charge in [0.2, 0.25) is 0 Å². The van der Waals surface area contributed by atoms with Crippen molar-refractivity contribution in [1.82, 2.24) is 0 Å². The normalized spacial score (nSPS) is 16.5. The average Bonchev–Trinajstić information content (AvgIpc) is 2.39. The van der Waals surface area contributed by atoms with E-state index in [1.165, 1.54) is 0 Å². The Hall–Kier alpha value is -0.200. The van der Waals surface area contributed by atoms with Gasteiger partial charge in [0.05, 0.1) is 25.9 Å². The maximum absolute atomic E-state index is 9.22. The molecule has 1 unspecified atom stereocenters. The molecule has 0 radical (unpaired) electrons. The topological polar surface area (TPSA) is 68.2 Å². The van der Waals surface area contributed by atoms with E-state index in [0.29, 0.717) is 13.2 Å². The summed E-state index contributed by atoms with van der Waals surface area (Å²) in [6, 6.07) is 0. The number of hydrogen-bond acceptors (Lipinski definition) is 5. The number of methoxy groups -OCH3 is 1. The molecule has 0 fully saturated rings. The first-order chi connectivity index (χ1) is 8.65. The van der Waals surface area contributed by atoms with Gasteiger partial charge in [0.1, 0.15) is 12.2 Å². The van der Waals surface area contributed by atoms with Gasteiger partial charge < -0.3 is 24.4 Å². The SMILES string of the molecule is CCCCCOC(COC)[C@H](C)OC[C@@H](O)CO. The summed E-state index contributed by atoms with van der Waals surface area (Å²) in [7, 11) is 1.62. The molecule has 0 spiro atoms. The van der Waals surface area contributed by atoms with Gasteiger partial charge in [-0.1, -0.05) is 19.8 Å². The molecule has 3 atom stereocenters. The second-order valence-electron chi connectivity index (χ2n) is 4.45. The summed E-state index contributed by atoms with van der Waals surface area (Å²) in [6.45, 7) is 5.00. The van der Waals surface area contributed by atoms with Crippen molar-refractivity contribution in [3.63, 3.8) is 0 Å². The predicted molar refractivity (Wildman–Crippen MR) is 69.6 cm³/mol. The third-order valence-corrected chi connectivity index (χ3v) is 2.70. The summed E-state index contributed by atoms with van der Waals surface area (Å²) in [6.07, 6.45) is 2.19. The highest BCUT2D eigenvalue weighted by molar-refractivity contribution is 4.67. The van der Waals surface area contributed by atoms with Crippen LogP contribution in [0.25, 0.3) is 0 Å². The summed E-state index contributed by atoms with van der Waals surface area (Å²) in [4.78, 5) is 0. The highest BCUT2D eigenvalue weighted by atomic mass is 16.6. The van der Waals surface area contributed by atoms with Crippen molar-refractivity contribution >= 4 is 0 Å². The maximum Gasteiger partial charge on any atom is 0.107 e. The van der Waals surface area contributed by atoms with E-state index >= 15 is 0 Å². The molecule has 0 amide bonds. The quantitative estimate of drug-likeness (QED) is 0.514. The predicted octanol–water partition coefficient (Wildman–Crippen LogP) is 0.966. The fraction of sp³-hybridized carbons (Fsp3) is 1.00. The Morgan fingerprint density at radius 1 is 1.11 bits per heavy atom. The molecule has 18 heavy (non-hydrogen) atoms. The highest BCUT2D eigenvalue weighted by Gasteiger charge is 2.19. The molecular weight excluding hydrogens is 236 g/mol. The smallest absolute Gasteiger partial charge is 0.107 e. The molecule has 2 N–H and O–H groups in total. The molecule has 5 nitrogen and oxygen atoms in total. The Kier molecular flexibility index (Phi) is 11.7. The first-order valence-corrected chi connectivity index (χ1v) is 6.66. The number of aliphatic hydroxyl groups is 2. The average molecular weight is 264 g/mol. The van der Waals surface area contributed by atoms with Crippen LogP contribution in [0, 0.1) is 0 Å². The minimum absolute atomic E-state index is 0.107. The molecule has 0 aliphatic carbocycles. The number of rotatable bonds is 12. The largest absolute Gasteiger partial charge is 0.394 e. The number of ether oxygens (including phenoxy) is 3. The van der Waals surface area contributed by atoms with Crippen LogP contribution < -0.4 is 0 Å². The zero-order valence-corrected chi connectivity index (χ0v) is 11.8. The van der Waals surface area contributed by atoms with Gasteiger partial charge in [0.25, 0.3) is 0 Å². The van der Waals surface area contributed by atoms with E-state index in [0.717, 1.165) is 19.3 Å². The minimum atomic E-state index is -0.837. The minimum Gasteiger partial charge on any atom is -0.394 e. The number of unbranched alkanes of at least 4 members (excludes halogenated alkanes) is 2. The molecule has 0 aliphatic heterocycles. The molecule has 110 valence electrons. The molecular formula is C13H28O5. The third kappa shape index (κ3) is 8.83. The first kappa shape index (κ1) is 17.8. The Labute approximate surface area is 110 Å². The second kappa shape index (κ2) is 11.9. The van der Waals surface area contributed by atoms with Gasteiger partial charge >= 0.3 is 0 Å². The van der Waals surface area contributed by atoms with E-state index in [1.54, 1.807) is 7.11 Å². The van der Waals surface area contributed by atoms with Crippen LogP contribution in [0.1, 0.15) is 33.1 Å². The lowest BCUT2D eigenvalue weighted by Gasteiger charge is -2.24. The Morgan fingerprint density at radius 3 is 2.39 bits per heavy atom. The highest BCUT2D eigenvalue weighted by Crippen LogP contribution is 2.07. The van der Waals surface area contributed by atoms with Crippen LogP contribution in [0.4, 0.5) is 0 Å². The van der Waals surface area contributed by atoms with Crippen molar-refractivity contribution in [2.45, 2.75) is 51.4 Å².